The van der Waals surface area contributed by atoms with E-state index in [0.29, 0.717) is 30.4 Å². The maximum absolute atomic E-state index is 12.6. The van der Waals surface area contributed by atoms with Crippen LogP contribution in [0.3, 0.4) is 0 Å². The standard InChI is InChI=1S/C23H18N2O4/c1-27-20-6-4-16-10-15(2-3-17(16)12-20)11-18(14-24)23(26)25-19-5-7-21-22(13-19)29-9-8-28-21/h2-7,10-13H,8-9H2,1H3,(H,25,26)/b18-11+. The van der Waals surface area contributed by atoms with E-state index in [1.54, 1.807) is 31.4 Å². The highest BCUT2D eigenvalue weighted by Gasteiger charge is 2.14. The fraction of sp³-hybridized carbons (Fsp3) is 0.130. The Morgan fingerprint density at radius 2 is 1.79 bits per heavy atom. The Morgan fingerprint density at radius 1 is 1.03 bits per heavy atom. The highest BCUT2D eigenvalue weighted by Crippen LogP contribution is 2.32. The fourth-order valence-corrected chi connectivity index (χ4v) is 3.09. The van der Waals surface area contributed by atoms with Crippen molar-refractivity contribution in [1.82, 2.24) is 0 Å². The SMILES string of the molecule is COc1ccc2cc(/C=C(\C#N)C(=O)Nc3ccc4c(c3)OCCO4)ccc2c1. The fourth-order valence-electron chi connectivity index (χ4n) is 3.09. The molecule has 0 aromatic heterocycles. The summed E-state index contributed by atoms with van der Waals surface area (Å²) in [6, 6.07) is 18.6. The van der Waals surface area contributed by atoms with Crippen molar-refractivity contribution in [2.75, 3.05) is 25.6 Å². The molecule has 0 bridgehead atoms. The zero-order valence-electron chi connectivity index (χ0n) is 15.8. The summed E-state index contributed by atoms with van der Waals surface area (Å²) in [5.74, 6) is 1.50. The van der Waals surface area contributed by atoms with E-state index in [1.165, 1.54) is 0 Å². The molecule has 1 amide bonds. The summed E-state index contributed by atoms with van der Waals surface area (Å²) >= 11 is 0. The van der Waals surface area contributed by atoms with Crippen LogP contribution in [0, 0.1) is 11.3 Å². The Bertz CT molecular complexity index is 1160. The molecule has 3 aromatic carbocycles. The smallest absolute Gasteiger partial charge is 0.266 e. The number of nitriles is 1. The normalized spacial score (nSPS) is 12.9. The van der Waals surface area contributed by atoms with Gasteiger partial charge < -0.3 is 19.5 Å². The number of carbonyl (C=O) groups excluding carboxylic acids is 1. The van der Waals surface area contributed by atoms with Crippen LogP contribution in [0.1, 0.15) is 5.56 Å². The number of rotatable bonds is 4. The summed E-state index contributed by atoms with van der Waals surface area (Å²) in [4.78, 5) is 12.6. The predicted molar refractivity (Wildman–Crippen MR) is 110 cm³/mol. The van der Waals surface area contributed by atoms with Crippen LogP contribution in [-0.2, 0) is 4.79 Å². The van der Waals surface area contributed by atoms with Gasteiger partial charge in [0.05, 0.1) is 7.11 Å². The van der Waals surface area contributed by atoms with E-state index >= 15 is 0 Å². The minimum atomic E-state index is -0.487. The first kappa shape index (κ1) is 18.4. The summed E-state index contributed by atoms with van der Waals surface area (Å²) in [6.45, 7) is 0.958. The number of ether oxygens (including phenoxy) is 3. The molecule has 6 heteroatoms. The van der Waals surface area contributed by atoms with Gasteiger partial charge in [-0.15, -0.1) is 0 Å². The zero-order chi connectivity index (χ0) is 20.2. The average Bonchev–Trinajstić information content (AvgIpc) is 2.76. The summed E-state index contributed by atoms with van der Waals surface area (Å²) in [6.07, 6.45) is 1.57. The summed E-state index contributed by atoms with van der Waals surface area (Å²) in [5.41, 5.74) is 1.30. The third-order valence-electron chi connectivity index (χ3n) is 4.55. The second kappa shape index (κ2) is 7.95. The second-order valence-electron chi connectivity index (χ2n) is 6.45. The van der Waals surface area contributed by atoms with Crippen molar-refractivity contribution in [2.24, 2.45) is 0 Å². The molecule has 0 saturated carbocycles. The van der Waals surface area contributed by atoms with E-state index in [-0.39, 0.29) is 5.57 Å². The van der Waals surface area contributed by atoms with Gasteiger partial charge in [0.25, 0.3) is 5.91 Å². The summed E-state index contributed by atoms with van der Waals surface area (Å²) in [7, 11) is 1.62. The van der Waals surface area contributed by atoms with Gasteiger partial charge in [-0.1, -0.05) is 18.2 Å². The van der Waals surface area contributed by atoms with Crippen LogP contribution in [0.25, 0.3) is 16.8 Å². The molecule has 0 aliphatic carbocycles. The summed E-state index contributed by atoms with van der Waals surface area (Å²) < 4.78 is 16.2. The molecular formula is C23H18N2O4. The average molecular weight is 386 g/mol. The molecule has 6 nitrogen and oxygen atoms in total. The number of hydrogen-bond donors (Lipinski definition) is 1. The Kier molecular flexibility index (Phi) is 5.04. The van der Waals surface area contributed by atoms with Crippen LogP contribution in [0.2, 0.25) is 0 Å². The molecule has 3 aromatic rings. The van der Waals surface area contributed by atoms with Crippen molar-refractivity contribution >= 4 is 28.4 Å². The van der Waals surface area contributed by atoms with Crippen LogP contribution >= 0.6 is 0 Å². The second-order valence-corrected chi connectivity index (χ2v) is 6.45. The van der Waals surface area contributed by atoms with E-state index < -0.39 is 5.91 Å². The monoisotopic (exact) mass is 386 g/mol. The molecule has 0 unspecified atom stereocenters. The van der Waals surface area contributed by atoms with Crippen molar-refractivity contribution in [3.8, 4) is 23.3 Å². The van der Waals surface area contributed by atoms with E-state index in [2.05, 4.69) is 5.32 Å². The van der Waals surface area contributed by atoms with E-state index in [0.717, 1.165) is 22.1 Å². The number of fused-ring (bicyclic) bond motifs is 2. The lowest BCUT2D eigenvalue weighted by atomic mass is 10.0. The molecule has 1 aliphatic heterocycles. The highest BCUT2D eigenvalue weighted by molar-refractivity contribution is 6.10. The zero-order valence-corrected chi connectivity index (χ0v) is 15.8. The lowest BCUT2D eigenvalue weighted by Gasteiger charge is -2.18. The van der Waals surface area contributed by atoms with E-state index in [4.69, 9.17) is 14.2 Å². The minimum Gasteiger partial charge on any atom is -0.497 e. The van der Waals surface area contributed by atoms with Gasteiger partial charge in [-0.25, -0.2) is 0 Å². The Balaban J connectivity index is 1.56. The van der Waals surface area contributed by atoms with Crippen LogP contribution in [0.4, 0.5) is 5.69 Å². The topological polar surface area (TPSA) is 80.6 Å². The maximum Gasteiger partial charge on any atom is 0.266 e. The molecule has 0 saturated heterocycles. The summed E-state index contributed by atoms with van der Waals surface area (Å²) in [5, 5.41) is 14.2. The van der Waals surface area contributed by atoms with Gasteiger partial charge in [-0.3, -0.25) is 4.79 Å². The molecule has 0 fully saturated rings. The lowest BCUT2D eigenvalue weighted by Crippen LogP contribution is -2.17. The van der Waals surface area contributed by atoms with Gasteiger partial charge in [-0.2, -0.15) is 5.26 Å². The minimum absolute atomic E-state index is 0.00718. The molecule has 0 spiro atoms. The van der Waals surface area contributed by atoms with Gasteiger partial charge in [0.1, 0.15) is 30.6 Å². The van der Waals surface area contributed by atoms with E-state index in [1.807, 2.05) is 42.5 Å². The number of amides is 1. The molecular weight excluding hydrogens is 368 g/mol. The van der Waals surface area contributed by atoms with Crippen LogP contribution < -0.4 is 19.5 Å². The maximum atomic E-state index is 12.6. The van der Waals surface area contributed by atoms with Crippen LogP contribution in [-0.4, -0.2) is 26.2 Å². The van der Waals surface area contributed by atoms with Crippen molar-refractivity contribution in [2.45, 2.75) is 0 Å². The largest absolute Gasteiger partial charge is 0.497 e. The Hall–Kier alpha value is -3.98. The number of hydrogen-bond acceptors (Lipinski definition) is 5. The van der Waals surface area contributed by atoms with Crippen molar-refractivity contribution in [3.63, 3.8) is 0 Å². The first-order valence-electron chi connectivity index (χ1n) is 9.07. The number of nitrogens with one attached hydrogen (secondary N) is 1. The lowest BCUT2D eigenvalue weighted by molar-refractivity contribution is -0.112. The number of benzene rings is 3. The molecule has 0 atom stereocenters. The molecule has 144 valence electrons. The molecule has 1 aliphatic rings. The van der Waals surface area contributed by atoms with Crippen LogP contribution in [0.5, 0.6) is 17.2 Å². The molecule has 1 heterocycles. The van der Waals surface area contributed by atoms with Crippen molar-refractivity contribution in [1.29, 1.82) is 5.26 Å². The van der Waals surface area contributed by atoms with Gasteiger partial charge in [0, 0.05) is 11.8 Å². The van der Waals surface area contributed by atoms with Crippen molar-refractivity contribution < 1.29 is 19.0 Å². The third kappa shape index (κ3) is 3.99. The third-order valence-corrected chi connectivity index (χ3v) is 4.55. The number of anilines is 1. The highest BCUT2D eigenvalue weighted by atomic mass is 16.6. The number of nitrogens with zero attached hydrogens (tertiary/aromatic N) is 1. The van der Waals surface area contributed by atoms with Gasteiger partial charge in [0.15, 0.2) is 11.5 Å². The molecule has 1 N–H and O–H groups in total. The Morgan fingerprint density at radius 3 is 2.59 bits per heavy atom. The van der Waals surface area contributed by atoms with Crippen molar-refractivity contribution in [3.05, 3.63) is 65.7 Å². The van der Waals surface area contributed by atoms with Crippen LogP contribution in [0.15, 0.2) is 60.2 Å². The van der Waals surface area contributed by atoms with Gasteiger partial charge in [0.2, 0.25) is 0 Å². The first-order valence-corrected chi connectivity index (χ1v) is 9.07. The van der Waals surface area contributed by atoms with Gasteiger partial charge in [-0.05, 0) is 52.7 Å². The molecule has 29 heavy (non-hydrogen) atoms. The quantitative estimate of drug-likeness (QED) is 0.538. The Labute approximate surface area is 167 Å². The molecule has 4 rings (SSSR count). The predicted octanol–water partition coefficient (Wildman–Crippen LogP) is 4.17. The first-order chi connectivity index (χ1) is 14.2. The van der Waals surface area contributed by atoms with E-state index in [9.17, 15) is 10.1 Å². The number of methoxy groups -OCH3 is 1. The van der Waals surface area contributed by atoms with Gasteiger partial charge >= 0.3 is 0 Å². The number of carbonyl (C=O) groups is 1. The molecule has 0 radical (unpaired) electrons.